The summed E-state index contributed by atoms with van der Waals surface area (Å²) in [5, 5.41) is 3.57. The standard InChI is InChI=1S/C14H22FN3/c1-2-5-17-14-4-3-6-18(11-14)10-12-7-13(15)9-16-8-12/h7-9,14,17H,2-6,10-11H2,1H3. The highest BCUT2D eigenvalue weighted by Gasteiger charge is 2.19. The van der Waals surface area contributed by atoms with Crippen molar-refractivity contribution in [3.63, 3.8) is 0 Å². The zero-order valence-corrected chi connectivity index (χ0v) is 11.0. The molecule has 0 aromatic carbocycles. The molecular weight excluding hydrogens is 229 g/mol. The van der Waals surface area contributed by atoms with E-state index in [0.29, 0.717) is 6.04 Å². The predicted octanol–water partition coefficient (Wildman–Crippen LogP) is 2.18. The van der Waals surface area contributed by atoms with Crippen molar-refractivity contribution in [1.82, 2.24) is 15.2 Å². The Morgan fingerprint density at radius 2 is 2.39 bits per heavy atom. The van der Waals surface area contributed by atoms with Crippen LogP contribution in [0.15, 0.2) is 18.5 Å². The molecule has 0 aliphatic carbocycles. The summed E-state index contributed by atoms with van der Waals surface area (Å²) >= 11 is 0. The molecule has 0 radical (unpaired) electrons. The van der Waals surface area contributed by atoms with Crippen LogP contribution < -0.4 is 5.32 Å². The fourth-order valence-electron chi connectivity index (χ4n) is 2.51. The summed E-state index contributed by atoms with van der Waals surface area (Å²) in [6, 6.07) is 2.16. The van der Waals surface area contributed by atoms with Crippen molar-refractivity contribution in [2.24, 2.45) is 0 Å². The third-order valence-electron chi connectivity index (χ3n) is 3.36. The number of piperidine rings is 1. The molecule has 0 amide bonds. The van der Waals surface area contributed by atoms with Crippen LogP contribution in [0, 0.1) is 5.82 Å². The van der Waals surface area contributed by atoms with Crippen molar-refractivity contribution in [3.8, 4) is 0 Å². The molecule has 1 N–H and O–H groups in total. The largest absolute Gasteiger partial charge is 0.313 e. The SMILES string of the molecule is CCCNC1CCCN(Cc2cncc(F)c2)C1. The number of hydrogen-bond acceptors (Lipinski definition) is 3. The summed E-state index contributed by atoms with van der Waals surface area (Å²) < 4.78 is 13.1. The van der Waals surface area contributed by atoms with Crippen molar-refractivity contribution in [3.05, 3.63) is 29.8 Å². The molecular formula is C14H22FN3. The van der Waals surface area contributed by atoms with E-state index in [2.05, 4.69) is 22.1 Å². The maximum Gasteiger partial charge on any atom is 0.141 e. The number of aromatic nitrogens is 1. The number of rotatable bonds is 5. The van der Waals surface area contributed by atoms with Crippen molar-refractivity contribution in [2.75, 3.05) is 19.6 Å². The molecule has 18 heavy (non-hydrogen) atoms. The lowest BCUT2D eigenvalue weighted by molar-refractivity contribution is 0.183. The summed E-state index contributed by atoms with van der Waals surface area (Å²) in [5.74, 6) is -0.245. The van der Waals surface area contributed by atoms with Gasteiger partial charge in [-0.05, 0) is 44.0 Å². The molecule has 3 nitrogen and oxygen atoms in total. The van der Waals surface area contributed by atoms with Crippen LogP contribution in [0.3, 0.4) is 0 Å². The molecule has 1 fully saturated rings. The molecule has 4 heteroatoms. The second-order valence-electron chi connectivity index (χ2n) is 5.04. The smallest absolute Gasteiger partial charge is 0.141 e. The average Bonchev–Trinajstić information content (AvgIpc) is 2.37. The number of halogens is 1. The quantitative estimate of drug-likeness (QED) is 0.869. The van der Waals surface area contributed by atoms with Gasteiger partial charge in [0.15, 0.2) is 0 Å². The first-order valence-electron chi connectivity index (χ1n) is 6.83. The Balaban J connectivity index is 1.85. The predicted molar refractivity (Wildman–Crippen MR) is 70.8 cm³/mol. The van der Waals surface area contributed by atoms with E-state index >= 15 is 0 Å². The summed E-state index contributed by atoms with van der Waals surface area (Å²) in [6.45, 7) is 6.22. The van der Waals surface area contributed by atoms with Crippen LogP contribution >= 0.6 is 0 Å². The topological polar surface area (TPSA) is 28.2 Å². The minimum absolute atomic E-state index is 0.245. The Morgan fingerprint density at radius 3 is 3.17 bits per heavy atom. The minimum Gasteiger partial charge on any atom is -0.313 e. The Kier molecular flexibility index (Phi) is 5.08. The van der Waals surface area contributed by atoms with Crippen LogP contribution in [0.1, 0.15) is 31.7 Å². The van der Waals surface area contributed by atoms with Gasteiger partial charge in [0.25, 0.3) is 0 Å². The summed E-state index contributed by atoms with van der Waals surface area (Å²) in [6.07, 6.45) is 6.64. The maximum absolute atomic E-state index is 13.1. The highest BCUT2D eigenvalue weighted by atomic mass is 19.1. The molecule has 0 saturated carbocycles. The Hall–Kier alpha value is -1.00. The number of nitrogens with zero attached hydrogens (tertiary/aromatic N) is 2. The van der Waals surface area contributed by atoms with Gasteiger partial charge in [-0.2, -0.15) is 0 Å². The third kappa shape index (κ3) is 4.03. The molecule has 1 aliphatic rings. The van der Waals surface area contributed by atoms with Crippen LogP contribution in [-0.4, -0.2) is 35.6 Å². The fraction of sp³-hybridized carbons (Fsp3) is 0.643. The lowest BCUT2D eigenvalue weighted by Gasteiger charge is -2.33. The van der Waals surface area contributed by atoms with E-state index in [-0.39, 0.29) is 5.82 Å². The molecule has 1 unspecified atom stereocenters. The lowest BCUT2D eigenvalue weighted by Crippen LogP contribution is -2.45. The van der Waals surface area contributed by atoms with Crippen LogP contribution in [0.5, 0.6) is 0 Å². The molecule has 1 aromatic heterocycles. The van der Waals surface area contributed by atoms with Crippen molar-refractivity contribution in [1.29, 1.82) is 0 Å². The van der Waals surface area contributed by atoms with Gasteiger partial charge < -0.3 is 5.32 Å². The molecule has 1 aromatic rings. The first kappa shape index (κ1) is 13.4. The molecule has 0 spiro atoms. The van der Waals surface area contributed by atoms with Crippen LogP contribution in [0.25, 0.3) is 0 Å². The second kappa shape index (κ2) is 6.81. The highest BCUT2D eigenvalue weighted by Crippen LogP contribution is 2.13. The minimum atomic E-state index is -0.245. The van der Waals surface area contributed by atoms with Crippen LogP contribution in [0.2, 0.25) is 0 Å². The maximum atomic E-state index is 13.1. The average molecular weight is 251 g/mol. The molecule has 2 rings (SSSR count). The first-order valence-corrected chi connectivity index (χ1v) is 6.83. The molecule has 0 bridgehead atoms. The van der Waals surface area contributed by atoms with E-state index in [1.165, 1.54) is 25.5 Å². The van der Waals surface area contributed by atoms with Crippen molar-refractivity contribution < 1.29 is 4.39 Å². The van der Waals surface area contributed by atoms with E-state index in [4.69, 9.17) is 0 Å². The Bertz CT molecular complexity index is 370. The van der Waals surface area contributed by atoms with Gasteiger partial charge in [0.1, 0.15) is 5.82 Å². The molecule has 1 atom stereocenters. The van der Waals surface area contributed by atoms with E-state index in [1.54, 1.807) is 12.3 Å². The highest BCUT2D eigenvalue weighted by molar-refractivity contribution is 5.10. The third-order valence-corrected chi connectivity index (χ3v) is 3.36. The summed E-state index contributed by atoms with van der Waals surface area (Å²) in [7, 11) is 0. The van der Waals surface area contributed by atoms with E-state index in [1.807, 2.05) is 0 Å². The van der Waals surface area contributed by atoms with Gasteiger partial charge >= 0.3 is 0 Å². The van der Waals surface area contributed by atoms with E-state index in [9.17, 15) is 4.39 Å². The number of likely N-dealkylation sites (tertiary alicyclic amines) is 1. The molecule has 2 heterocycles. The van der Waals surface area contributed by atoms with Crippen molar-refractivity contribution >= 4 is 0 Å². The van der Waals surface area contributed by atoms with Crippen LogP contribution in [0.4, 0.5) is 4.39 Å². The molecule has 1 saturated heterocycles. The van der Waals surface area contributed by atoms with E-state index in [0.717, 1.165) is 31.7 Å². The lowest BCUT2D eigenvalue weighted by atomic mass is 10.0. The number of nitrogens with one attached hydrogen (secondary N) is 1. The Morgan fingerprint density at radius 1 is 1.50 bits per heavy atom. The summed E-state index contributed by atoms with van der Waals surface area (Å²) in [5.41, 5.74) is 0.964. The van der Waals surface area contributed by atoms with Gasteiger partial charge in [0, 0.05) is 25.3 Å². The van der Waals surface area contributed by atoms with Crippen LogP contribution in [-0.2, 0) is 6.54 Å². The monoisotopic (exact) mass is 251 g/mol. The zero-order valence-electron chi connectivity index (χ0n) is 11.0. The zero-order chi connectivity index (χ0) is 12.8. The normalized spacial score (nSPS) is 21.1. The van der Waals surface area contributed by atoms with Gasteiger partial charge in [-0.15, -0.1) is 0 Å². The first-order chi connectivity index (χ1) is 8.78. The van der Waals surface area contributed by atoms with Gasteiger partial charge in [-0.25, -0.2) is 4.39 Å². The van der Waals surface area contributed by atoms with Gasteiger partial charge in [-0.1, -0.05) is 6.92 Å². The Labute approximate surface area is 108 Å². The van der Waals surface area contributed by atoms with Gasteiger partial charge in [-0.3, -0.25) is 9.88 Å². The van der Waals surface area contributed by atoms with E-state index < -0.39 is 0 Å². The van der Waals surface area contributed by atoms with Crippen molar-refractivity contribution in [2.45, 2.75) is 38.8 Å². The second-order valence-corrected chi connectivity index (χ2v) is 5.04. The fourth-order valence-corrected chi connectivity index (χ4v) is 2.51. The number of hydrogen-bond donors (Lipinski definition) is 1. The molecule has 100 valence electrons. The molecule has 1 aliphatic heterocycles. The van der Waals surface area contributed by atoms with Gasteiger partial charge in [0.2, 0.25) is 0 Å². The van der Waals surface area contributed by atoms with Gasteiger partial charge in [0.05, 0.1) is 6.20 Å². The number of pyridine rings is 1. The summed E-state index contributed by atoms with van der Waals surface area (Å²) in [4.78, 5) is 6.28.